The third kappa shape index (κ3) is 9.30. The fraction of sp³-hybridized carbons (Fsp3) is 0.600. The van der Waals surface area contributed by atoms with E-state index in [4.69, 9.17) is 10.5 Å². The van der Waals surface area contributed by atoms with Crippen molar-refractivity contribution in [1.82, 2.24) is 10.6 Å². The van der Waals surface area contributed by atoms with E-state index in [2.05, 4.69) is 29.5 Å². The van der Waals surface area contributed by atoms with Gasteiger partial charge in [0.2, 0.25) is 0 Å². The minimum Gasteiger partial charge on any atom is -0.484 e. The van der Waals surface area contributed by atoms with Gasteiger partial charge in [0.05, 0.1) is 0 Å². The van der Waals surface area contributed by atoms with E-state index in [0.29, 0.717) is 11.7 Å². The molecule has 0 aromatic heterocycles. The van der Waals surface area contributed by atoms with E-state index < -0.39 is 5.91 Å². The number of carbonyl (C=O) groups is 1. The molecule has 1 unspecified atom stereocenters. The van der Waals surface area contributed by atoms with Gasteiger partial charge in [-0.05, 0) is 36.5 Å². The van der Waals surface area contributed by atoms with Crippen LogP contribution in [0.2, 0.25) is 0 Å². The van der Waals surface area contributed by atoms with Gasteiger partial charge in [-0.3, -0.25) is 9.79 Å². The Morgan fingerprint density at radius 2 is 1.96 bits per heavy atom. The van der Waals surface area contributed by atoms with Crippen molar-refractivity contribution in [2.75, 3.05) is 26.7 Å². The first-order valence-corrected chi connectivity index (χ1v) is 9.53. The smallest absolute Gasteiger partial charge is 0.255 e. The minimum absolute atomic E-state index is 0.0973. The lowest BCUT2D eigenvalue weighted by atomic mass is 9.99. The van der Waals surface area contributed by atoms with Crippen molar-refractivity contribution in [2.45, 2.75) is 46.0 Å². The number of nitrogens with zero attached hydrogens (tertiary/aromatic N) is 1. The Morgan fingerprint density at radius 3 is 2.54 bits per heavy atom. The van der Waals surface area contributed by atoms with Crippen LogP contribution in [0.15, 0.2) is 29.3 Å². The molecule has 0 aliphatic rings. The van der Waals surface area contributed by atoms with E-state index in [9.17, 15) is 4.79 Å². The lowest BCUT2D eigenvalue weighted by molar-refractivity contribution is -0.119. The first kappa shape index (κ1) is 21.8. The minimum atomic E-state index is -0.475. The highest BCUT2D eigenvalue weighted by atomic mass is 16.5. The van der Waals surface area contributed by atoms with Crippen molar-refractivity contribution in [1.29, 1.82) is 0 Å². The van der Waals surface area contributed by atoms with Gasteiger partial charge in [-0.2, -0.15) is 0 Å². The van der Waals surface area contributed by atoms with Gasteiger partial charge < -0.3 is 21.1 Å². The van der Waals surface area contributed by atoms with Crippen LogP contribution >= 0.6 is 0 Å². The molecule has 0 saturated heterocycles. The summed E-state index contributed by atoms with van der Waals surface area (Å²) in [4.78, 5) is 15.0. The van der Waals surface area contributed by atoms with Gasteiger partial charge in [0.1, 0.15) is 5.75 Å². The van der Waals surface area contributed by atoms with Crippen LogP contribution in [0.4, 0.5) is 0 Å². The van der Waals surface area contributed by atoms with E-state index >= 15 is 0 Å². The summed E-state index contributed by atoms with van der Waals surface area (Å²) in [6, 6.07) is 7.69. The predicted octanol–water partition coefficient (Wildman–Crippen LogP) is 2.47. The molecule has 26 heavy (non-hydrogen) atoms. The summed E-state index contributed by atoms with van der Waals surface area (Å²) in [6.07, 6.45) is 5.86. The van der Waals surface area contributed by atoms with Gasteiger partial charge in [0.25, 0.3) is 5.91 Å². The molecule has 6 heteroatoms. The Kier molecular flexibility index (Phi) is 10.9. The van der Waals surface area contributed by atoms with Crippen LogP contribution in [0, 0.1) is 5.92 Å². The number of benzene rings is 1. The molecule has 4 N–H and O–H groups in total. The number of hydrogen-bond acceptors (Lipinski definition) is 3. The normalized spacial score (nSPS) is 12.5. The van der Waals surface area contributed by atoms with Crippen molar-refractivity contribution >= 4 is 11.9 Å². The van der Waals surface area contributed by atoms with Crippen LogP contribution < -0.4 is 21.1 Å². The molecule has 6 nitrogen and oxygen atoms in total. The molecular weight excluding hydrogens is 328 g/mol. The van der Waals surface area contributed by atoms with Crippen LogP contribution in [0.25, 0.3) is 0 Å². The summed E-state index contributed by atoms with van der Waals surface area (Å²) in [6.45, 7) is 6.14. The summed E-state index contributed by atoms with van der Waals surface area (Å²) < 4.78 is 5.26. The van der Waals surface area contributed by atoms with Crippen molar-refractivity contribution < 1.29 is 9.53 Å². The summed E-state index contributed by atoms with van der Waals surface area (Å²) in [5, 5.41) is 6.78. The molecule has 0 radical (unpaired) electrons. The van der Waals surface area contributed by atoms with E-state index in [1.807, 2.05) is 24.3 Å². The van der Waals surface area contributed by atoms with Crippen LogP contribution in [0.1, 0.15) is 45.1 Å². The molecule has 146 valence electrons. The maximum absolute atomic E-state index is 10.7. The zero-order chi connectivity index (χ0) is 19.2. The lowest BCUT2D eigenvalue weighted by Crippen LogP contribution is -2.40. The highest BCUT2D eigenvalue weighted by Gasteiger charge is 2.07. The monoisotopic (exact) mass is 362 g/mol. The highest BCUT2D eigenvalue weighted by Crippen LogP contribution is 2.12. The van der Waals surface area contributed by atoms with Gasteiger partial charge >= 0.3 is 0 Å². The average Bonchev–Trinajstić information content (AvgIpc) is 2.65. The number of carbonyl (C=O) groups excluding carboxylic acids is 1. The number of rotatable bonds is 12. The van der Waals surface area contributed by atoms with Gasteiger partial charge in [-0.1, -0.05) is 45.2 Å². The second-order valence-corrected chi connectivity index (χ2v) is 6.45. The van der Waals surface area contributed by atoms with E-state index in [0.717, 1.165) is 25.5 Å². The number of primary amides is 1. The number of amides is 1. The zero-order valence-electron chi connectivity index (χ0n) is 16.4. The first-order chi connectivity index (χ1) is 12.6. The molecule has 0 saturated carbocycles. The van der Waals surface area contributed by atoms with Gasteiger partial charge in [0.15, 0.2) is 12.6 Å². The number of ether oxygens (including phenoxy) is 1. The predicted molar refractivity (Wildman–Crippen MR) is 108 cm³/mol. The summed E-state index contributed by atoms with van der Waals surface area (Å²) >= 11 is 0. The van der Waals surface area contributed by atoms with Crippen molar-refractivity contribution in [2.24, 2.45) is 16.6 Å². The molecule has 0 fully saturated rings. The summed E-state index contributed by atoms with van der Waals surface area (Å²) in [7, 11) is 1.80. The fourth-order valence-corrected chi connectivity index (χ4v) is 2.64. The Labute approximate surface area is 157 Å². The van der Waals surface area contributed by atoms with Crippen LogP contribution in [0.3, 0.4) is 0 Å². The molecule has 1 aromatic carbocycles. The Bertz CT molecular complexity index is 543. The zero-order valence-corrected chi connectivity index (χ0v) is 16.4. The largest absolute Gasteiger partial charge is 0.484 e. The number of unbranched alkanes of at least 4 members (excludes halogenated alkanes) is 1. The molecular formula is C20H34N4O2. The molecule has 1 aromatic rings. The number of hydrogen-bond donors (Lipinski definition) is 3. The molecule has 1 atom stereocenters. The number of nitrogens with two attached hydrogens (primary N) is 1. The highest BCUT2D eigenvalue weighted by molar-refractivity contribution is 5.79. The second-order valence-electron chi connectivity index (χ2n) is 6.45. The molecule has 0 heterocycles. The Morgan fingerprint density at radius 1 is 1.23 bits per heavy atom. The van der Waals surface area contributed by atoms with Gasteiger partial charge in [0, 0.05) is 20.1 Å². The van der Waals surface area contributed by atoms with E-state index in [1.54, 1.807) is 7.05 Å². The van der Waals surface area contributed by atoms with Crippen molar-refractivity contribution in [3.8, 4) is 5.75 Å². The van der Waals surface area contributed by atoms with Gasteiger partial charge in [-0.25, -0.2) is 0 Å². The second kappa shape index (κ2) is 13.0. The van der Waals surface area contributed by atoms with Crippen LogP contribution in [-0.2, 0) is 11.2 Å². The average molecular weight is 363 g/mol. The SMILES string of the molecule is CCCCC(CC)CNC(=NC)NCCc1ccc(OCC(N)=O)cc1. The van der Waals surface area contributed by atoms with Crippen LogP contribution in [-0.4, -0.2) is 38.6 Å². The third-order valence-electron chi connectivity index (χ3n) is 4.34. The van der Waals surface area contributed by atoms with Crippen molar-refractivity contribution in [3.63, 3.8) is 0 Å². The summed E-state index contributed by atoms with van der Waals surface area (Å²) in [5.74, 6) is 1.72. The maximum Gasteiger partial charge on any atom is 0.255 e. The molecule has 0 aliphatic heterocycles. The standard InChI is InChI=1S/C20H34N4O2/c1-4-6-7-16(5-2)14-24-20(22-3)23-13-12-17-8-10-18(11-9-17)26-15-19(21)25/h8-11,16H,4-7,12-15H2,1-3H3,(H2,21,25)(H2,22,23,24). The molecule has 0 spiro atoms. The van der Waals surface area contributed by atoms with E-state index in [1.165, 1.54) is 31.2 Å². The number of guanidine groups is 1. The van der Waals surface area contributed by atoms with E-state index in [-0.39, 0.29) is 6.61 Å². The molecule has 1 amide bonds. The Balaban J connectivity index is 2.32. The molecule has 0 bridgehead atoms. The first-order valence-electron chi connectivity index (χ1n) is 9.53. The third-order valence-corrected chi connectivity index (χ3v) is 4.34. The fourth-order valence-electron chi connectivity index (χ4n) is 2.64. The summed E-state index contributed by atoms with van der Waals surface area (Å²) in [5.41, 5.74) is 6.25. The van der Waals surface area contributed by atoms with Crippen molar-refractivity contribution in [3.05, 3.63) is 29.8 Å². The van der Waals surface area contributed by atoms with Gasteiger partial charge in [-0.15, -0.1) is 0 Å². The molecule has 1 rings (SSSR count). The van der Waals surface area contributed by atoms with Crippen LogP contribution in [0.5, 0.6) is 5.75 Å². The quantitative estimate of drug-likeness (QED) is 0.394. The lowest BCUT2D eigenvalue weighted by Gasteiger charge is -2.18. The number of aliphatic imine (C=N–C) groups is 1. The topological polar surface area (TPSA) is 88.7 Å². The number of nitrogens with one attached hydrogen (secondary N) is 2. The maximum atomic E-state index is 10.7. The molecule has 0 aliphatic carbocycles. The Hall–Kier alpha value is -2.24.